The summed E-state index contributed by atoms with van der Waals surface area (Å²) >= 11 is 0. The van der Waals surface area contributed by atoms with Crippen LogP contribution in [0.3, 0.4) is 0 Å². The normalized spacial score (nSPS) is 32.4. The van der Waals surface area contributed by atoms with Gasteiger partial charge in [0, 0.05) is 0 Å². The van der Waals surface area contributed by atoms with Crippen molar-refractivity contribution in [2.75, 3.05) is 7.05 Å². The second-order valence-electron chi connectivity index (χ2n) is 3.24. The van der Waals surface area contributed by atoms with Crippen LogP contribution in [0.1, 0.15) is 39.5 Å². The minimum Gasteiger partial charge on any atom is -0.333 e. The molecule has 2 N–H and O–H groups in total. The van der Waals surface area contributed by atoms with Gasteiger partial charge < -0.3 is 5.73 Å². The van der Waals surface area contributed by atoms with Crippen LogP contribution in [-0.2, 0) is 0 Å². The standard InChI is InChI=1S/C8H16.CH5N/c1-7-5-3-4-6-8(7)2;1-2/h7-8H,3-6H2,1-2H3;2H2,1H3. The quantitative estimate of drug-likeness (QED) is 0.553. The van der Waals surface area contributed by atoms with Crippen molar-refractivity contribution in [1.29, 1.82) is 0 Å². The molecule has 62 valence electrons. The molecule has 1 nitrogen and oxygen atoms in total. The molecule has 0 bridgehead atoms. The van der Waals surface area contributed by atoms with Gasteiger partial charge in [0.25, 0.3) is 0 Å². The Labute approximate surface area is 65.0 Å². The molecule has 0 aromatic heterocycles. The first-order valence-electron chi connectivity index (χ1n) is 4.38. The zero-order chi connectivity index (χ0) is 7.98. The maximum absolute atomic E-state index is 4.50. The van der Waals surface area contributed by atoms with Crippen LogP contribution in [0.25, 0.3) is 0 Å². The van der Waals surface area contributed by atoms with Crippen molar-refractivity contribution in [2.45, 2.75) is 39.5 Å². The van der Waals surface area contributed by atoms with Crippen molar-refractivity contribution in [3.8, 4) is 0 Å². The lowest BCUT2D eigenvalue weighted by molar-refractivity contribution is 0.277. The van der Waals surface area contributed by atoms with E-state index >= 15 is 0 Å². The number of nitrogens with two attached hydrogens (primary N) is 1. The molecule has 0 aromatic carbocycles. The minimum atomic E-state index is 1.00. The Bertz CT molecular complexity index is 61.1. The summed E-state index contributed by atoms with van der Waals surface area (Å²) in [5.74, 6) is 2.01. The van der Waals surface area contributed by atoms with Crippen LogP contribution in [0.5, 0.6) is 0 Å². The van der Waals surface area contributed by atoms with Crippen LogP contribution in [0.4, 0.5) is 0 Å². The molecule has 0 heterocycles. The van der Waals surface area contributed by atoms with Gasteiger partial charge in [-0.2, -0.15) is 0 Å². The maximum atomic E-state index is 4.50. The van der Waals surface area contributed by atoms with Crippen molar-refractivity contribution in [1.82, 2.24) is 0 Å². The molecule has 2 atom stereocenters. The average molecular weight is 143 g/mol. The highest BCUT2D eigenvalue weighted by Crippen LogP contribution is 2.28. The molecular weight excluding hydrogens is 122 g/mol. The minimum absolute atomic E-state index is 1.00. The second kappa shape index (κ2) is 5.72. The molecule has 0 spiro atoms. The SMILES string of the molecule is CC1CCCCC1C.CN. The van der Waals surface area contributed by atoms with Crippen LogP contribution < -0.4 is 5.73 Å². The van der Waals surface area contributed by atoms with Crippen LogP contribution in [-0.4, -0.2) is 7.05 Å². The number of hydrogen-bond acceptors (Lipinski definition) is 1. The first kappa shape index (κ1) is 9.96. The van der Waals surface area contributed by atoms with Crippen molar-refractivity contribution in [3.63, 3.8) is 0 Å². The number of rotatable bonds is 0. The molecule has 1 aliphatic carbocycles. The van der Waals surface area contributed by atoms with Crippen LogP contribution >= 0.6 is 0 Å². The van der Waals surface area contributed by atoms with Gasteiger partial charge in [0.05, 0.1) is 0 Å². The monoisotopic (exact) mass is 143 g/mol. The molecule has 1 heteroatoms. The van der Waals surface area contributed by atoms with E-state index in [1.54, 1.807) is 0 Å². The van der Waals surface area contributed by atoms with Gasteiger partial charge in [-0.15, -0.1) is 0 Å². The van der Waals surface area contributed by atoms with E-state index in [1.807, 2.05) is 0 Å². The Morgan fingerprint density at radius 2 is 1.20 bits per heavy atom. The Kier molecular flexibility index (Phi) is 5.70. The third kappa shape index (κ3) is 3.21. The first-order chi connectivity index (χ1) is 4.80. The lowest BCUT2D eigenvalue weighted by Crippen LogP contribution is -2.12. The number of hydrogen-bond donors (Lipinski definition) is 1. The largest absolute Gasteiger partial charge is 0.333 e. The van der Waals surface area contributed by atoms with Crippen molar-refractivity contribution < 1.29 is 0 Å². The zero-order valence-corrected chi connectivity index (χ0v) is 7.56. The Balaban J connectivity index is 0.000000371. The highest BCUT2D eigenvalue weighted by molar-refractivity contribution is 4.67. The van der Waals surface area contributed by atoms with Gasteiger partial charge in [-0.3, -0.25) is 0 Å². The molecule has 0 aromatic rings. The summed E-state index contributed by atoms with van der Waals surface area (Å²) in [6, 6.07) is 0. The fourth-order valence-electron chi connectivity index (χ4n) is 1.50. The first-order valence-corrected chi connectivity index (χ1v) is 4.38. The van der Waals surface area contributed by atoms with E-state index in [-0.39, 0.29) is 0 Å². The molecule has 1 rings (SSSR count). The maximum Gasteiger partial charge on any atom is -0.0195 e. The summed E-state index contributed by atoms with van der Waals surface area (Å²) in [7, 11) is 1.50. The van der Waals surface area contributed by atoms with Crippen molar-refractivity contribution in [3.05, 3.63) is 0 Å². The fourth-order valence-corrected chi connectivity index (χ4v) is 1.50. The van der Waals surface area contributed by atoms with Crippen molar-refractivity contribution >= 4 is 0 Å². The van der Waals surface area contributed by atoms with Gasteiger partial charge in [0.15, 0.2) is 0 Å². The van der Waals surface area contributed by atoms with E-state index in [4.69, 9.17) is 0 Å². The van der Waals surface area contributed by atoms with Gasteiger partial charge in [-0.1, -0.05) is 39.5 Å². The molecule has 0 aliphatic heterocycles. The van der Waals surface area contributed by atoms with E-state index < -0.39 is 0 Å². The smallest absolute Gasteiger partial charge is 0.0195 e. The predicted molar refractivity (Wildman–Crippen MR) is 46.9 cm³/mol. The summed E-state index contributed by atoms with van der Waals surface area (Å²) in [6.45, 7) is 4.76. The summed E-state index contributed by atoms with van der Waals surface area (Å²) in [6.07, 6.45) is 5.90. The molecule has 2 unspecified atom stereocenters. The molecular formula is C9H21N. The van der Waals surface area contributed by atoms with Gasteiger partial charge in [-0.25, -0.2) is 0 Å². The van der Waals surface area contributed by atoms with Gasteiger partial charge in [0.2, 0.25) is 0 Å². The van der Waals surface area contributed by atoms with E-state index in [0.717, 1.165) is 11.8 Å². The summed E-state index contributed by atoms with van der Waals surface area (Å²) < 4.78 is 0. The lowest BCUT2D eigenvalue weighted by Gasteiger charge is -2.24. The third-order valence-electron chi connectivity index (χ3n) is 2.54. The Morgan fingerprint density at radius 3 is 1.40 bits per heavy atom. The summed E-state index contributed by atoms with van der Waals surface area (Å²) in [5.41, 5.74) is 4.50. The summed E-state index contributed by atoms with van der Waals surface area (Å²) in [4.78, 5) is 0. The zero-order valence-electron chi connectivity index (χ0n) is 7.56. The average Bonchev–Trinajstić information content (AvgIpc) is 2.00. The second-order valence-corrected chi connectivity index (χ2v) is 3.24. The van der Waals surface area contributed by atoms with E-state index in [2.05, 4.69) is 19.6 Å². The van der Waals surface area contributed by atoms with E-state index in [0.29, 0.717) is 0 Å². The van der Waals surface area contributed by atoms with E-state index in [1.165, 1.54) is 32.7 Å². The van der Waals surface area contributed by atoms with Crippen LogP contribution in [0.2, 0.25) is 0 Å². The van der Waals surface area contributed by atoms with E-state index in [9.17, 15) is 0 Å². The molecule has 10 heavy (non-hydrogen) atoms. The summed E-state index contributed by atoms with van der Waals surface area (Å²) in [5, 5.41) is 0. The highest BCUT2D eigenvalue weighted by Gasteiger charge is 2.15. The molecule has 1 aliphatic rings. The predicted octanol–water partition coefficient (Wildman–Crippen LogP) is 2.41. The third-order valence-corrected chi connectivity index (χ3v) is 2.54. The van der Waals surface area contributed by atoms with Crippen molar-refractivity contribution in [2.24, 2.45) is 17.6 Å². The lowest BCUT2D eigenvalue weighted by atomic mass is 9.82. The molecule has 0 saturated heterocycles. The fraction of sp³-hybridized carbons (Fsp3) is 1.00. The van der Waals surface area contributed by atoms with Gasteiger partial charge in [-0.05, 0) is 18.9 Å². The Morgan fingerprint density at radius 1 is 0.900 bits per heavy atom. The molecule has 1 fully saturated rings. The van der Waals surface area contributed by atoms with Gasteiger partial charge >= 0.3 is 0 Å². The molecule has 0 amide bonds. The highest BCUT2D eigenvalue weighted by atomic mass is 14.4. The van der Waals surface area contributed by atoms with Gasteiger partial charge in [0.1, 0.15) is 0 Å². The topological polar surface area (TPSA) is 26.0 Å². The molecule has 1 saturated carbocycles. The van der Waals surface area contributed by atoms with Crippen LogP contribution in [0.15, 0.2) is 0 Å². The van der Waals surface area contributed by atoms with Crippen LogP contribution in [0, 0.1) is 11.8 Å². The molecule has 0 radical (unpaired) electrons. The Hall–Kier alpha value is -0.0400.